The SMILES string of the molecule is O=C(O)C1CC1C(=O)N1CCN2CCCCC2C1. The number of hydrogen-bond donors (Lipinski definition) is 1. The molecule has 1 amide bonds. The second kappa shape index (κ2) is 4.53. The van der Waals surface area contributed by atoms with Crippen molar-refractivity contribution >= 4 is 11.9 Å². The number of nitrogens with zero attached hydrogens (tertiary/aromatic N) is 2. The summed E-state index contributed by atoms with van der Waals surface area (Å²) in [6, 6.07) is 0.512. The summed E-state index contributed by atoms with van der Waals surface area (Å²) in [7, 11) is 0. The van der Waals surface area contributed by atoms with Gasteiger partial charge in [0.05, 0.1) is 11.8 Å². The van der Waals surface area contributed by atoms with Crippen LogP contribution in [0.3, 0.4) is 0 Å². The standard InChI is InChI=1S/C13H20N2O3/c16-12(10-7-11(10)13(17)18)15-6-5-14-4-2-1-3-9(14)8-15/h9-11H,1-8H2,(H,17,18). The molecule has 5 nitrogen and oxygen atoms in total. The Kier molecular flexibility index (Phi) is 3.01. The number of carboxylic acid groups (broad SMARTS) is 1. The summed E-state index contributed by atoms with van der Waals surface area (Å²) < 4.78 is 0. The molecule has 3 unspecified atom stereocenters. The molecule has 3 atom stereocenters. The van der Waals surface area contributed by atoms with Crippen molar-refractivity contribution in [1.29, 1.82) is 0 Å². The van der Waals surface area contributed by atoms with Crippen molar-refractivity contribution in [2.24, 2.45) is 11.8 Å². The van der Waals surface area contributed by atoms with Gasteiger partial charge in [-0.2, -0.15) is 0 Å². The fourth-order valence-electron chi connectivity index (χ4n) is 3.33. The zero-order chi connectivity index (χ0) is 12.7. The zero-order valence-corrected chi connectivity index (χ0v) is 10.5. The molecule has 1 aliphatic carbocycles. The minimum Gasteiger partial charge on any atom is -0.481 e. The van der Waals surface area contributed by atoms with Crippen LogP contribution in [0.15, 0.2) is 0 Å². The van der Waals surface area contributed by atoms with Crippen molar-refractivity contribution in [3.05, 3.63) is 0 Å². The van der Waals surface area contributed by atoms with E-state index in [1.165, 1.54) is 19.3 Å². The molecule has 0 bridgehead atoms. The molecule has 0 radical (unpaired) electrons. The predicted octanol–water partition coefficient (Wildman–Crippen LogP) is 0.404. The molecule has 0 aromatic rings. The van der Waals surface area contributed by atoms with E-state index in [0.29, 0.717) is 12.5 Å². The number of carbonyl (C=O) groups excluding carboxylic acids is 1. The molecule has 1 N–H and O–H groups in total. The minimum absolute atomic E-state index is 0.0765. The number of amides is 1. The van der Waals surface area contributed by atoms with Crippen LogP contribution in [0.2, 0.25) is 0 Å². The number of piperidine rings is 1. The lowest BCUT2D eigenvalue weighted by molar-refractivity contribution is -0.143. The number of hydrogen-bond acceptors (Lipinski definition) is 3. The van der Waals surface area contributed by atoms with E-state index in [0.717, 1.165) is 26.2 Å². The van der Waals surface area contributed by atoms with Gasteiger partial charge in [-0.25, -0.2) is 0 Å². The Morgan fingerprint density at radius 2 is 1.89 bits per heavy atom. The van der Waals surface area contributed by atoms with Gasteiger partial charge in [-0.05, 0) is 25.8 Å². The highest BCUT2D eigenvalue weighted by Gasteiger charge is 2.50. The molecule has 3 rings (SSSR count). The Labute approximate surface area is 107 Å². The summed E-state index contributed by atoms with van der Waals surface area (Å²) >= 11 is 0. The van der Waals surface area contributed by atoms with Crippen molar-refractivity contribution in [2.45, 2.75) is 31.7 Å². The van der Waals surface area contributed by atoms with Gasteiger partial charge >= 0.3 is 5.97 Å². The number of carbonyl (C=O) groups is 2. The minimum atomic E-state index is -0.815. The fraction of sp³-hybridized carbons (Fsp3) is 0.846. The van der Waals surface area contributed by atoms with Gasteiger partial charge in [0.15, 0.2) is 0 Å². The third-order valence-corrected chi connectivity index (χ3v) is 4.57. The number of carboxylic acids is 1. The van der Waals surface area contributed by atoms with Crippen LogP contribution in [-0.2, 0) is 9.59 Å². The van der Waals surface area contributed by atoms with Gasteiger partial charge in [-0.3, -0.25) is 14.5 Å². The van der Waals surface area contributed by atoms with Crippen molar-refractivity contribution < 1.29 is 14.7 Å². The average molecular weight is 252 g/mol. The van der Waals surface area contributed by atoms with Crippen LogP contribution in [0.25, 0.3) is 0 Å². The van der Waals surface area contributed by atoms with Crippen LogP contribution in [0.1, 0.15) is 25.7 Å². The van der Waals surface area contributed by atoms with E-state index in [9.17, 15) is 9.59 Å². The van der Waals surface area contributed by atoms with Crippen LogP contribution in [0.4, 0.5) is 0 Å². The number of fused-ring (bicyclic) bond motifs is 1. The lowest BCUT2D eigenvalue weighted by Crippen LogP contribution is -2.56. The van der Waals surface area contributed by atoms with E-state index in [1.807, 2.05) is 4.90 Å². The highest BCUT2D eigenvalue weighted by molar-refractivity contribution is 5.89. The van der Waals surface area contributed by atoms with E-state index in [4.69, 9.17) is 5.11 Å². The largest absolute Gasteiger partial charge is 0.481 e. The molecule has 100 valence electrons. The third kappa shape index (κ3) is 2.11. The fourth-order valence-corrected chi connectivity index (χ4v) is 3.33. The first-order chi connectivity index (χ1) is 8.66. The van der Waals surface area contributed by atoms with Crippen molar-refractivity contribution in [3.63, 3.8) is 0 Å². The van der Waals surface area contributed by atoms with Gasteiger partial charge in [0.1, 0.15) is 0 Å². The normalized spacial score (nSPS) is 36.0. The highest BCUT2D eigenvalue weighted by atomic mass is 16.4. The number of aliphatic carboxylic acids is 1. The molecule has 3 fully saturated rings. The molecule has 2 aliphatic heterocycles. The first-order valence-corrected chi connectivity index (χ1v) is 6.92. The number of piperazine rings is 1. The molecule has 2 saturated heterocycles. The Morgan fingerprint density at radius 1 is 1.06 bits per heavy atom. The number of rotatable bonds is 2. The van der Waals surface area contributed by atoms with Crippen LogP contribution < -0.4 is 0 Å². The topological polar surface area (TPSA) is 60.9 Å². The molecule has 0 aromatic carbocycles. The summed E-state index contributed by atoms with van der Waals surface area (Å²) in [4.78, 5) is 27.4. The second-order valence-electron chi connectivity index (χ2n) is 5.76. The van der Waals surface area contributed by atoms with Crippen molar-refractivity contribution in [3.8, 4) is 0 Å². The van der Waals surface area contributed by atoms with Crippen LogP contribution >= 0.6 is 0 Å². The lowest BCUT2D eigenvalue weighted by atomic mass is 9.99. The smallest absolute Gasteiger partial charge is 0.307 e. The summed E-state index contributed by atoms with van der Waals surface area (Å²) in [5, 5.41) is 8.88. The summed E-state index contributed by atoms with van der Waals surface area (Å²) in [5.74, 6) is -1.39. The van der Waals surface area contributed by atoms with Crippen molar-refractivity contribution in [1.82, 2.24) is 9.80 Å². The maximum absolute atomic E-state index is 12.2. The molecular weight excluding hydrogens is 232 g/mol. The summed E-state index contributed by atoms with van der Waals surface area (Å²) in [5.41, 5.74) is 0. The third-order valence-electron chi connectivity index (χ3n) is 4.57. The molecule has 0 aromatic heterocycles. The second-order valence-corrected chi connectivity index (χ2v) is 5.76. The Bertz CT molecular complexity index is 371. The Balaban J connectivity index is 1.57. The molecule has 5 heteroatoms. The molecule has 0 spiro atoms. The van der Waals surface area contributed by atoms with Crippen LogP contribution in [0.5, 0.6) is 0 Å². The maximum Gasteiger partial charge on any atom is 0.307 e. The highest BCUT2D eigenvalue weighted by Crippen LogP contribution is 2.40. The Morgan fingerprint density at radius 3 is 2.61 bits per heavy atom. The monoisotopic (exact) mass is 252 g/mol. The van der Waals surface area contributed by atoms with E-state index in [-0.39, 0.29) is 11.8 Å². The van der Waals surface area contributed by atoms with Crippen LogP contribution in [0, 0.1) is 11.8 Å². The van der Waals surface area contributed by atoms with E-state index >= 15 is 0 Å². The van der Waals surface area contributed by atoms with E-state index < -0.39 is 11.9 Å². The first-order valence-electron chi connectivity index (χ1n) is 6.92. The predicted molar refractivity (Wildman–Crippen MR) is 65.0 cm³/mol. The van der Waals surface area contributed by atoms with Gasteiger partial charge < -0.3 is 10.0 Å². The summed E-state index contributed by atoms with van der Waals surface area (Å²) in [6.45, 7) is 3.70. The maximum atomic E-state index is 12.2. The molecule has 18 heavy (non-hydrogen) atoms. The average Bonchev–Trinajstić information content (AvgIpc) is 3.17. The Hall–Kier alpha value is -1.10. The molecule has 1 saturated carbocycles. The quantitative estimate of drug-likeness (QED) is 0.773. The van der Waals surface area contributed by atoms with Gasteiger partial charge in [0, 0.05) is 25.7 Å². The van der Waals surface area contributed by atoms with E-state index in [2.05, 4.69) is 4.90 Å². The van der Waals surface area contributed by atoms with Gasteiger partial charge in [0.2, 0.25) is 5.91 Å². The molecule has 2 heterocycles. The van der Waals surface area contributed by atoms with E-state index in [1.54, 1.807) is 0 Å². The van der Waals surface area contributed by atoms with Gasteiger partial charge in [0.25, 0.3) is 0 Å². The van der Waals surface area contributed by atoms with Crippen LogP contribution in [-0.4, -0.2) is 59.0 Å². The summed E-state index contributed by atoms with van der Waals surface area (Å²) in [6.07, 6.45) is 4.24. The van der Waals surface area contributed by atoms with Gasteiger partial charge in [-0.15, -0.1) is 0 Å². The molecule has 3 aliphatic rings. The lowest BCUT2D eigenvalue weighted by Gasteiger charge is -2.44. The zero-order valence-electron chi connectivity index (χ0n) is 10.5. The van der Waals surface area contributed by atoms with Gasteiger partial charge in [-0.1, -0.05) is 6.42 Å². The molecular formula is C13H20N2O3. The first kappa shape index (κ1) is 12.0. The van der Waals surface area contributed by atoms with Crippen molar-refractivity contribution in [2.75, 3.05) is 26.2 Å².